The largest absolute Gasteiger partial charge is 0.490 e. The van der Waals surface area contributed by atoms with Crippen molar-refractivity contribution in [1.82, 2.24) is 14.1 Å². The van der Waals surface area contributed by atoms with E-state index in [1.54, 1.807) is 29.2 Å². The zero-order valence-electron chi connectivity index (χ0n) is 19.8. The SMILES string of the molecule is C[C@@H](Oc1ccc(Cl)c(Cl)c1)[C@@H]1CN(C(=O)N2CCN(S(C)(=O)=O)CC2)C[C@H]1c1ccc(Cl)c(Cl)c1. The molecule has 0 spiro atoms. The first kappa shape index (κ1) is 27.6. The van der Waals surface area contributed by atoms with Gasteiger partial charge in [-0.15, -0.1) is 0 Å². The molecule has 2 aromatic rings. The minimum absolute atomic E-state index is 0.0428. The van der Waals surface area contributed by atoms with Crippen LogP contribution in [-0.4, -0.2) is 80.2 Å². The topological polar surface area (TPSA) is 70.2 Å². The van der Waals surface area contributed by atoms with Gasteiger partial charge in [0.05, 0.1) is 26.3 Å². The average molecular weight is 595 g/mol. The minimum Gasteiger partial charge on any atom is -0.490 e. The number of carbonyl (C=O) groups excluding carboxylic acids is 1. The van der Waals surface area contributed by atoms with Crippen molar-refractivity contribution in [2.45, 2.75) is 18.9 Å². The molecule has 7 nitrogen and oxygen atoms in total. The molecule has 2 heterocycles. The third kappa shape index (κ3) is 6.17. The van der Waals surface area contributed by atoms with E-state index in [1.165, 1.54) is 10.6 Å². The van der Waals surface area contributed by atoms with E-state index in [-0.39, 0.29) is 37.1 Å². The number of piperazine rings is 1. The maximum atomic E-state index is 13.4. The highest BCUT2D eigenvalue weighted by Crippen LogP contribution is 2.39. The molecule has 0 N–H and O–H groups in total. The number of ether oxygens (including phenoxy) is 1. The van der Waals surface area contributed by atoms with Gasteiger partial charge in [-0.1, -0.05) is 52.5 Å². The van der Waals surface area contributed by atoms with Gasteiger partial charge in [0.2, 0.25) is 10.0 Å². The van der Waals surface area contributed by atoms with E-state index in [4.69, 9.17) is 51.1 Å². The smallest absolute Gasteiger partial charge is 0.320 e. The molecule has 36 heavy (non-hydrogen) atoms. The summed E-state index contributed by atoms with van der Waals surface area (Å²) in [5, 5.41) is 1.76. The molecule has 0 aromatic heterocycles. The molecule has 2 amide bonds. The van der Waals surface area contributed by atoms with Crippen molar-refractivity contribution in [1.29, 1.82) is 0 Å². The standard InChI is InChI=1S/C24H27Cl4N3O4S/c1-15(35-17-4-6-21(26)23(28)12-17)18-13-30(14-19(18)16-3-5-20(25)22(27)11-16)24(32)29-7-9-31(10-8-29)36(2,33)34/h3-6,11-12,15,18-19H,7-10,13-14H2,1-2H3/t15-,18+,19+/m1/s1. The predicted octanol–water partition coefficient (Wildman–Crippen LogP) is 5.48. The summed E-state index contributed by atoms with van der Waals surface area (Å²) >= 11 is 24.7. The Morgan fingerprint density at radius 2 is 1.50 bits per heavy atom. The Hall–Kier alpha value is -1.42. The van der Waals surface area contributed by atoms with Gasteiger partial charge in [-0.25, -0.2) is 13.2 Å². The van der Waals surface area contributed by atoms with Crippen molar-refractivity contribution in [3.8, 4) is 5.75 Å². The number of halogens is 4. The Labute approximate surface area is 231 Å². The van der Waals surface area contributed by atoms with Crippen LogP contribution in [0.25, 0.3) is 0 Å². The normalized spacial score (nSPS) is 22.1. The van der Waals surface area contributed by atoms with Crippen molar-refractivity contribution < 1.29 is 17.9 Å². The van der Waals surface area contributed by atoms with Gasteiger partial charge in [-0.3, -0.25) is 0 Å². The van der Waals surface area contributed by atoms with Gasteiger partial charge in [0.15, 0.2) is 0 Å². The average Bonchev–Trinajstić information content (AvgIpc) is 3.28. The maximum absolute atomic E-state index is 13.4. The first-order valence-corrected chi connectivity index (χ1v) is 14.9. The quantitative estimate of drug-likeness (QED) is 0.460. The molecule has 2 fully saturated rings. The van der Waals surface area contributed by atoms with Crippen LogP contribution in [0.1, 0.15) is 18.4 Å². The summed E-state index contributed by atoms with van der Waals surface area (Å²) in [7, 11) is -3.28. The molecule has 2 aliphatic heterocycles. The van der Waals surface area contributed by atoms with Crippen LogP contribution in [-0.2, 0) is 10.0 Å². The van der Waals surface area contributed by atoms with Crippen LogP contribution in [0.5, 0.6) is 5.75 Å². The number of rotatable bonds is 5. The molecule has 0 bridgehead atoms. The van der Waals surface area contributed by atoms with Crippen molar-refractivity contribution >= 4 is 62.5 Å². The van der Waals surface area contributed by atoms with Gasteiger partial charge in [0, 0.05) is 57.2 Å². The van der Waals surface area contributed by atoms with Crippen molar-refractivity contribution in [2.24, 2.45) is 5.92 Å². The Balaban J connectivity index is 1.53. The minimum atomic E-state index is -3.28. The van der Waals surface area contributed by atoms with Crippen molar-refractivity contribution in [2.75, 3.05) is 45.5 Å². The lowest BCUT2D eigenvalue weighted by Crippen LogP contribution is -2.53. The lowest BCUT2D eigenvalue weighted by atomic mass is 9.85. The molecule has 0 unspecified atom stereocenters. The van der Waals surface area contributed by atoms with Gasteiger partial charge in [0.1, 0.15) is 11.9 Å². The summed E-state index contributed by atoms with van der Waals surface area (Å²) < 4.78 is 31.3. The third-order valence-electron chi connectivity index (χ3n) is 6.80. The first-order chi connectivity index (χ1) is 16.9. The van der Waals surface area contributed by atoms with E-state index < -0.39 is 10.0 Å². The highest BCUT2D eigenvalue weighted by Gasteiger charge is 2.42. The van der Waals surface area contributed by atoms with E-state index in [9.17, 15) is 13.2 Å². The molecule has 0 radical (unpaired) electrons. The van der Waals surface area contributed by atoms with Gasteiger partial charge < -0.3 is 14.5 Å². The van der Waals surface area contributed by atoms with E-state index in [0.717, 1.165) is 5.56 Å². The summed E-state index contributed by atoms with van der Waals surface area (Å²) in [6.07, 6.45) is 0.925. The summed E-state index contributed by atoms with van der Waals surface area (Å²) in [4.78, 5) is 16.9. The molecule has 2 aromatic carbocycles. The van der Waals surface area contributed by atoms with Crippen LogP contribution in [0, 0.1) is 5.92 Å². The van der Waals surface area contributed by atoms with Crippen LogP contribution in [0.15, 0.2) is 36.4 Å². The third-order valence-corrected chi connectivity index (χ3v) is 9.58. The molecular weight excluding hydrogens is 568 g/mol. The van der Waals surface area contributed by atoms with Gasteiger partial charge in [0.25, 0.3) is 0 Å². The number of nitrogens with zero attached hydrogens (tertiary/aromatic N) is 3. The van der Waals surface area contributed by atoms with Crippen LogP contribution < -0.4 is 4.74 Å². The summed E-state index contributed by atoms with van der Waals surface area (Å²) in [5.74, 6) is 0.503. The van der Waals surface area contributed by atoms with Crippen molar-refractivity contribution in [3.05, 3.63) is 62.1 Å². The van der Waals surface area contributed by atoms with E-state index >= 15 is 0 Å². The second-order valence-electron chi connectivity index (χ2n) is 9.18. The molecule has 4 rings (SSSR count). The number of hydrogen-bond donors (Lipinski definition) is 0. The molecule has 196 valence electrons. The number of likely N-dealkylation sites (tertiary alicyclic amines) is 1. The summed E-state index contributed by atoms with van der Waals surface area (Å²) in [6, 6.07) is 10.5. The van der Waals surface area contributed by atoms with Crippen LogP contribution in [0.2, 0.25) is 20.1 Å². The number of amides is 2. The predicted molar refractivity (Wildman–Crippen MR) is 144 cm³/mol. The van der Waals surface area contributed by atoms with Crippen molar-refractivity contribution in [3.63, 3.8) is 0 Å². The molecule has 0 aliphatic carbocycles. The number of hydrogen-bond acceptors (Lipinski definition) is 4. The Bertz CT molecular complexity index is 1240. The number of urea groups is 1. The fourth-order valence-electron chi connectivity index (χ4n) is 4.82. The van der Waals surface area contributed by atoms with Gasteiger partial charge in [-0.05, 0) is 36.8 Å². The fraction of sp³-hybridized carbons (Fsp3) is 0.458. The van der Waals surface area contributed by atoms with Crippen LogP contribution in [0.4, 0.5) is 4.79 Å². The van der Waals surface area contributed by atoms with Crippen LogP contribution in [0.3, 0.4) is 0 Å². The summed E-state index contributed by atoms with van der Waals surface area (Å²) in [6.45, 7) is 4.18. The summed E-state index contributed by atoms with van der Waals surface area (Å²) in [5.41, 5.74) is 0.969. The molecule has 2 aliphatic rings. The van der Waals surface area contributed by atoms with Crippen LogP contribution >= 0.6 is 46.4 Å². The second kappa shape index (κ2) is 11.1. The molecule has 3 atom stereocenters. The Kier molecular flexibility index (Phi) is 8.54. The lowest BCUT2D eigenvalue weighted by Gasteiger charge is -2.35. The number of sulfonamides is 1. The second-order valence-corrected chi connectivity index (χ2v) is 12.8. The number of benzene rings is 2. The molecule has 2 saturated heterocycles. The monoisotopic (exact) mass is 593 g/mol. The number of carbonyl (C=O) groups is 1. The van der Waals surface area contributed by atoms with Gasteiger partial charge >= 0.3 is 6.03 Å². The molecule has 0 saturated carbocycles. The molecular formula is C24H27Cl4N3O4S. The maximum Gasteiger partial charge on any atom is 0.320 e. The zero-order chi connectivity index (χ0) is 26.2. The first-order valence-electron chi connectivity index (χ1n) is 11.5. The lowest BCUT2D eigenvalue weighted by molar-refractivity contribution is 0.129. The highest BCUT2D eigenvalue weighted by molar-refractivity contribution is 7.88. The van der Waals surface area contributed by atoms with E-state index in [1.807, 2.05) is 24.0 Å². The Morgan fingerprint density at radius 1 is 0.889 bits per heavy atom. The Morgan fingerprint density at radius 3 is 2.08 bits per heavy atom. The highest BCUT2D eigenvalue weighted by atomic mass is 35.5. The zero-order valence-corrected chi connectivity index (χ0v) is 23.7. The van der Waals surface area contributed by atoms with E-state index in [2.05, 4.69) is 0 Å². The van der Waals surface area contributed by atoms with E-state index in [0.29, 0.717) is 52.0 Å². The van der Waals surface area contributed by atoms with Gasteiger partial charge in [-0.2, -0.15) is 4.31 Å². The molecule has 12 heteroatoms. The fourth-order valence-corrected chi connectivity index (χ4v) is 6.24.